The van der Waals surface area contributed by atoms with Crippen LogP contribution in [-0.2, 0) is 0 Å². The zero-order chi connectivity index (χ0) is 15.6. The summed E-state index contributed by atoms with van der Waals surface area (Å²) >= 11 is 5.99. The number of rotatable bonds is 3. The quantitative estimate of drug-likeness (QED) is 0.744. The van der Waals surface area contributed by atoms with Crippen LogP contribution >= 0.6 is 11.6 Å². The van der Waals surface area contributed by atoms with Gasteiger partial charge in [0.2, 0.25) is 0 Å². The molecule has 0 aromatic carbocycles. The van der Waals surface area contributed by atoms with Crippen molar-refractivity contribution in [1.82, 2.24) is 24.5 Å². The fraction of sp³-hybridized carbons (Fsp3) is 0.375. The number of nitrogens with zero attached hydrogens (tertiary/aromatic N) is 5. The van der Waals surface area contributed by atoms with Crippen LogP contribution in [0.5, 0.6) is 0 Å². The molecule has 118 valence electrons. The van der Waals surface area contributed by atoms with Gasteiger partial charge in [-0.2, -0.15) is 0 Å². The molecule has 0 unspecified atom stereocenters. The van der Waals surface area contributed by atoms with E-state index in [0.717, 1.165) is 22.7 Å². The largest absolute Gasteiger partial charge is 0.366 e. The van der Waals surface area contributed by atoms with Crippen molar-refractivity contribution in [3.8, 4) is 5.82 Å². The van der Waals surface area contributed by atoms with Crippen molar-refractivity contribution in [2.75, 3.05) is 5.32 Å². The Kier molecular flexibility index (Phi) is 3.83. The maximum Gasteiger partial charge on any atom is 0.159 e. The summed E-state index contributed by atoms with van der Waals surface area (Å²) in [5.41, 5.74) is 1.65. The second-order valence-corrected chi connectivity index (χ2v) is 6.24. The first kappa shape index (κ1) is 14.4. The van der Waals surface area contributed by atoms with Gasteiger partial charge in [-0.15, -0.1) is 0 Å². The van der Waals surface area contributed by atoms with Crippen LogP contribution in [0, 0.1) is 0 Å². The van der Waals surface area contributed by atoms with Gasteiger partial charge in [-0.3, -0.25) is 9.55 Å². The standard InChI is InChI=1S/C16H17ClN6/c17-14-6-13-12(7-19-14)20-10-23(13)16-9-18-8-15(22-16)21-11-4-2-1-3-5-11/h6-11H,1-5H2,(H,21,22). The van der Waals surface area contributed by atoms with Gasteiger partial charge in [0.1, 0.15) is 22.8 Å². The van der Waals surface area contributed by atoms with Gasteiger partial charge in [-0.1, -0.05) is 30.9 Å². The maximum atomic E-state index is 5.99. The number of hydrogen-bond donors (Lipinski definition) is 1. The van der Waals surface area contributed by atoms with Gasteiger partial charge in [-0.05, 0) is 12.8 Å². The summed E-state index contributed by atoms with van der Waals surface area (Å²) in [4.78, 5) is 17.4. The monoisotopic (exact) mass is 328 g/mol. The normalized spacial score (nSPS) is 15.9. The van der Waals surface area contributed by atoms with Gasteiger partial charge >= 0.3 is 0 Å². The number of nitrogens with one attached hydrogen (secondary N) is 1. The van der Waals surface area contributed by atoms with Crippen LogP contribution in [-0.4, -0.2) is 30.5 Å². The molecule has 0 saturated heterocycles. The minimum Gasteiger partial charge on any atom is -0.366 e. The number of fused-ring (bicyclic) bond motifs is 1. The molecule has 0 radical (unpaired) electrons. The van der Waals surface area contributed by atoms with Crippen LogP contribution in [0.2, 0.25) is 5.15 Å². The predicted molar refractivity (Wildman–Crippen MR) is 90.0 cm³/mol. The highest BCUT2D eigenvalue weighted by Crippen LogP contribution is 2.22. The minimum atomic E-state index is 0.434. The smallest absolute Gasteiger partial charge is 0.159 e. The van der Waals surface area contributed by atoms with Gasteiger partial charge in [0.05, 0.1) is 24.1 Å². The third kappa shape index (κ3) is 2.99. The van der Waals surface area contributed by atoms with Crippen molar-refractivity contribution in [3.63, 3.8) is 0 Å². The lowest BCUT2D eigenvalue weighted by molar-refractivity contribution is 0.461. The molecule has 23 heavy (non-hydrogen) atoms. The highest BCUT2D eigenvalue weighted by molar-refractivity contribution is 6.29. The lowest BCUT2D eigenvalue weighted by Crippen LogP contribution is -2.23. The van der Waals surface area contributed by atoms with E-state index in [1.54, 1.807) is 31.0 Å². The number of hydrogen-bond acceptors (Lipinski definition) is 5. The molecule has 0 bridgehead atoms. The number of aromatic nitrogens is 5. The van der Waals surface area contributed by atoms with E-state index in [9.17, 15) is 0 Å². The molecular weight excluding hydrogens is 312 g/mol. The SMILES string of the molecule is Clc1cc2c(cn1)ncn2-c1cncc(NC2CCCCC2)n1. The first-order valence-corrected chi connectivity index (χ1v) is 8.25. The maximum absolute atomic E-state index is 5.99. The Hall–Kier alpha value is -2.21. The Bertz CT molecular complexity index is 824. The van der Waals surface area contributed by atoms with E-state index in [2.05, 4.69) is 25.3 Å². The van der Waals surface area contributed by atoms with E-state index >= 15 is 0 Å². The number of halogens is 1. The molecule has 6 nitrogen and oxygen atoms in total. The zero-order valence-electron chi connectivity index (χ0n) is 12.6. The van der Waals surface area contributed by atoms with Crippen molar-refractivity contribution in [2.24, 2.45) is 0 Å². The molecule has 1 fully saturated rings. The summed E-state index contributed by atoms with van der Waals surface area (Å²) in [6.07, 6.45) is 13.2. The van der Waals surface area contributed by atoms with E-state index in [1.165, 1.54) is 32.1 Å². The van der Waals surface area contributed by atoms with Crippen molar-refractivity contribution < 1.29 is 0 Å². The van der Waals surface area contributed by atoms with Crippen LogP contribution in [0.1, 0.15) is 32.1 Å². The summed E-state index contributed by atoms with van der Waals surface area (Å²) in [7, 11) is 0. The van der Waals surface area contributed by atoms with Crippen LogP contribution in [0.3, 0.4) is 0 Å². The van der Waals surface area contributed by atoms with Gasteiger partial charge in [-0.25, -0.2) is 15.0 Å². The lowest BCUT2D eigenvalue weighted by Gasteiger charge is -2.23. The molecule has 7 heteroatoms. The van der Waals surface area contributed by atoms with Crippen LogP contribution in [0.25, 0.3) is 16.9 Å². The Balaban J connectivity index is 1.65. The predicted octanol–water partition coefficient (Wildman–Crippen LogP) is 3.61. The molecule has 3 aromatic heterocycles. The molecule has 0 aliphatic heterocycles. The zero-order valence-corrected chi connectivity index (χ0v) is 13.4. The van der Waals surface area contributed by atoms with Crippen LogP contribution in [0.15, 0.2) is 31.0 Å². The molecule has 1 aliphatic rings. The third-order valence-corrected chi connectivity index (χ3v) is 4.43. The molecule has 1 saturated carbocycles. The van der Waals surface area contributed by atoms with Crippen molar-refractivity contribution in [3.05, 3.63) is 36.1 Å². The fourth-order valence-corrected chi connectivity index (χ4v) is 3.22. The van der Waals surface area contributed by atoms with Crippen LogP contribution < -0.4 is 5.32 Å². The summed E-state index contributed by atoms with van der Waals surface area (Å²) in [6, 6.07) is 2.28. The molecule has 3 aromatic rings. The Morgan fingerprint density at radius 1 is 1.09 bits per heavy atom. The molecule has 0 spiro atoms. The molecule has 0 atom stereocenters. The average Bonchev–Trinajstić information content (AvgIpc) is 2.99. The topological polar surface area (TPSA) is 68.5 Å². The van der Waals surface area contributed by atoms with E-state index in [-0.39, 0.29) is 0 Å². The molecule has 1 aliphatic carbocycles. The summed E-state index contributed by atoms with van der Waals surface area (Å²) in [6.45, 7) is 0. The summed E-state index contributed by atoms with van der Waals surface area (Å²) in [5.74, 6) is 1.52. The van der Waals surface area contributed by atoms with E-state index < -0.39 is 0 Å². The number of pyridine rings is 1. The van der Waals surface area contributed by atoms with Gasteiger partial charge in [0.15, 0.2) is 5.82 Å². The first-order valence-electron chi connectivity index (χ1n) is 7.87. The van der Waals surface area contributed by atoms with Gasteiger partial charge in [0.25, 0.3) is 0 Å². The average molecular weight is 329 g/mol. The second kappa shape index (κ2) is 6.12. The Labute approximate surface area is 139 Å². The van der Waals surface area contributed by atoms with E-state index in [1.807, 2.05) is 4.57 Å². The third-order valence-electron chi connectivity index (χ3n) is 4.23. The second-order valence-electron chi connectivity index (χ2n) is 5.85. The van der Waals surface area contributed by atoms with E-state index in [0.29, 0.717) is 11.2 Å². The van der Waals surface area contributed by atoms with Gasteiger partial charge in [0, 0.05) is 12.1 Å². The first-order chi connectivity index (χ1) is 11.3. The minimum absolute atomic E-state index is 0.434. The molecule has 4 rings (SSSR count). The van der Waals surface area contributed by atoms with Gasteiger partial charge < -0.3 is 5.32 Å². The van der Waals surface area contributed by atoms with Crippen LogP contribution in [0.4, 0.5) is 5.82 Å². The molecule has 0 amide bonds. The molecule has 1 N–H and O–H groups in total. The van der Waals surface area contributed by atoms with Crippen molar-refractivity contribution >= 4 is 28.5 Å². The summed E-state index contributed by atoms with van der Waals surface area (Å²) < 4.78 is 1.88. The highest BCUT2D eigenvalue weighted by Gasteiger charge is 2.14. The van der Waals surface area contributed by atoms with Crippen molar-refractivity contribution in [2.45, 2.75) is 38.1 Å². The molecular formula is C16H17ClN6. The summed E-state index contributed by atoms with van der Waals surface area (Å²) in [5, 5.41) is 3.93. The number of anilines is 1. The van der Waals surface area contributed by atoms with E-state index in [4.69, 9.17) is 11.6 Å². The Morgan fingerprint density at radius 2 is 1.96 bits per heavy atom. The highest BCUT2D eigenvalue weighted by atomic mass is 35.5. The fourth-order valence-electron chi connectivity index (χ4n) is 3.07. The Morgan fingerprint density at radius 3 is 2.83 bits per heavy atom. The van der Waals surface area contributed by atoms with Crippen molar-refractivity contribution in [1.29, 1.82) is 0 Å². The molecule has 3 heterocycles. The number of imidazole rings is 1. The lowest BCUT2D eigenvalue weighted by atomic mass is 9.96.